The monoisotopic (exact) mass is 383 g/mol. The Morgan fingerprint density at radius 3 is 2.82 bits per heavy atom. The summed E-state index contributed by atoms with van der Waals surface area (Å²) in [6.45, 7) is 1.91. The molecule has 0 saturated carbocycles. The lowest BCUT2D eigenvalue weighted by Crippen LogP contribution is -2.38. The molecule has 1 amide bonds. The molecule has 0 aromatic heterocycles. The van der Waals surface area contributed by atoms with Crippen LogP contribution in [-0.4, -0.2) is 56.9 Å². The minimum absolute atomic E-state index is 0.00632. The Balaban J connectivity index is 1.24. The van der Waals surface area contributed by atoms with Crippen LogP contribution < -0.4 is 9.47 Å². The van der Waals surface area contributed by atoms with Crippen molar-refractivity contribution in [3.63, 3.8) is 0 Å². The summed E-state index contributed by atoms with van der Waals surface area (Å²) in [7, 11) is 1.78. The van der Waals surface area contributed by atoms with Crippen LogP contribution in [0.15, 0.2) is 48.5 Å². The third-order valence-electron chi connectivity index (χ3n) is 5.05. The molecule has 4 rings (SSSR count). The van der Waals surface area contributed by atoms with Gasteiger partial charge < -0.3 is 23.8 Å². The molecule has 6 heteroatoms. The van der Waals surface area contributed by atoms with E-state index in [9.17, 15) is 4.79 Å². The van der Waals surface area contributed by atoms with E-state index in [0.717, 1.165) is 12.2 Å². The molecule has 0 fully saturated rings. The van der Waals surface area contributed by atoms with Gasteiger partial charge >= 0.3 is 0 Å². The maximum Gasteiger partial charge on any atom is 0.248 e. The van der Waals surface area contributed by atoms with Crippen LogP contribution >= 0.6 is 0 Å². The van der Waals surface area contributed by atoms with Crippen molar-refractivity contribution in [2.75, 3.05) is 40.0 Å². The molecule has 2 heterocycles. The largest absolute Gasteiger partial charge is 0.486 e. The van der Waals surface area contributed by atoms with Gasteiger partial charge in [-0.15, -0.1) is 0 Å². The Morgan fingerprint density at radius 2 is 1.93 bits per heavy atom. The van der Waals surface area contributed by atoms with Crippen LogP contribution in [0.3, 0.4) is 0 Å². The van der Waals surface area contributed by atoms with Crippen molar-refractivity contribution in [1.82, 2.24) is 4.90 Å². The summed E-state index contributed by atoms with van der Waals surface area (Å²) in [5, 5.41) is 0. The molecule has 0 spiro atoms. The SMILES string of the molecule is CN(CC1OCCc2ccccc21)C(=O)COCC1COc2ccccc2O1. The molecule has 28 heavy (non-hydrogen) atoms. The molecule has 2 aromatic carbocycles. The van der Waals surface area contributed by atoms with Gasteiger partial charge in [-0.2, -0.15) is 0 Å². The van der Waals surface area contributed by atoms with Gasteiger partial charge in [-0.3, -0.25) is 4.79 Å². The normalized spacial score (nSPS) is 20.3. The van der Waals surface area contributed by atoms with Crippen molar-refractivity contribution >= 4 is 5.91 Å². The number of amides is 1. The van der Waals surface area contributed by atoms with Gasteiger partial charge in [0.25, 0.3) is 0 Å². The first kappa shape index (κ1) is 18.8. The number of carbonyl (C=O) groups is 1. The smallest absolute Gasteiger partial charge is 0.248 e. The van der Waals surface area contributed by atoms with E-state index >= 15 is 0 Å². The van der Waals surface area contributed by atoms with Gasteiger partial charge in [-0.05, 0) is 29.7 Å². The van der Waals surface area contributed by atoms with Gasteiger partial charge in [0.2, 0.25) is 5.91 Å². The number of carbonyl (C=O) groups excluding carboxylic acids is 1. The Bertz CT molecular complexity index is 824. The van der Waals surface area contributed by atoms with E-state index in [4.69, 9.17) is 18.9 Å². The summed E-state index contributed by atoms with van der Waals surface area (Å²) < 4.78 is 23.0. The van der Waals surface area contributed by atoms with Gasteiger partial charge in [0.05, 0.1) is 19.8 Å². The zero-order chi connectivity index (χ0) is 19.3. The Morgan fingerprint density at radius 1 is 1.14 bits per heavy atom. The first-order chi connectivity index (χ1) is 13.7. The molecule has 0 bridgehead atoms. The lowest BCUT2D eigenvalue weighted by molar-refractivity contribution is -0.138. The van der Waals surface area contributed by atoms with Gasteiger partial charge in [-0.25, -0.2) is 0 Å². The van der Waals surface area contributed by atoms with Gasteiger partial charge in [0.15, 0.2) is 17.6 Å². The van der Waals surface area contributed by atoms with Gasteiger partial charge in [-0.1, -0.05) is 36.4 Å². The average molecular weight is 383 g/mol. The molecule has 0 radical (unpaired) electrons. The van der Waals surface area contributed by atoms with Crippen molar-refractivity contribution in [2.24, 2.45) is 0 Å². The van der Waals surface area contributed by atoms with Crippen LogP contribution in [0.1, 0.15) is 17.2 Å². The molecule has 2 aliphatic rings. The zero-order valence-electron chi connectivity index (χ0n) is 16.0. The standard InChI is InChI=1S/C22H25NO5/c1-23(12-21-18-7-3-2-6-16(18)10-11-26-21)22(24)15-25-13-17-14-27-19-8-4-5-9-20(19)28-17/h2-9,17,21H,10-15H2,1H3. The predicted octanol–water partition coefficient (Wildman–Crippen LogP) is 2.62. The van der Waals surface area contributed by atoms with E-state index in [1.807, 2.05) is 36.4 Å². The van der Waals surface area contributed by atoms with Gasteiger partial charge in [0.1, 0.15) is 19.3 Å². The summed E-state index contributed by atoms with van der Waals surface area (Å²) in [5.41, 5.74) is 2.46. The summed E-state index contributed by atoms with van der Waals surface area (Å²) in [5.74, 6) is 1.37. The molecule has 2 aliphatic heterocycles. The fourth-order valence-corrected chi connectivity index (χ4v) is 3.51. The number of likely N-dealkylation sites (N-methyl/N-ethyl adjacent to an activating group) is 1. The van der Waals surface area contributed by atoms with Crippen LogP contribution in [0.4, 0.5) is 0 Å². The topological polar surface area (TPSA) is 57.2 Å². The predicted molar refractivity (Wildman–Crippen MR) is 104 cm³/mol. The molecule has 0 N–H and O–H groups in total. The third kappa shape index (κ3) is 4.29. The minimum atomic E-state index is -0.221. The summed E-state index contributed by atoms with van der Waals surface area (Å²) in [6, 6.07) is 15.8. The molecule has 6 nitrogen and oxygen atoms in total. The lowest BCUT2D eigenvalue weighted by atomic mass is 9.97. The van der Waals surface area contributed by atoms with Crippen molar-refractivity contribution in [2.45, 2.75) is 18.6 Å². The summed E-state index contributed by atoms with van der Waals surface area (Å²) in [6.07, 6.45) is 0.604. The summed E-state index contributed by atoms with van der Waals surface area (Å²) >= 11 is 0. The van der Waals surface area contributed by atoms with E-state index in [1.54, 1.807) is 11.9 Å². The van der Waals surface area contributed by atoms with E-state index in [-0.39, 0.29) is 24.7 Å². The number of ether oxygens (including phenoxy) is 4. The highest BCUT2D eigenvalue weighted by molar-refractivity contribution is 5.77. The second kappa shape index (κ2) is 8.63. The fourth-order valence-electron chi connectivity index (χ4n) is 3.51. The summed E-state index contributed by atoms with van der Waals surface area (Å²) in [4.78, 5) is 14.1. The molecular formula is C22H25NO5. The lowest BCUT2D eigenvalue weighted by Gasteiger charge is -2.30. The molecule has 2 unspecified atom stereocenters. The highest BCUT2D eigenvalue weighted by Gasteiger charge is 2.24. The number of nitrogens with zero attached hydrogens (tertiary/aromatic N) is 1. The molecule has 0 aliphatic carbocycles. The van der Waals surface area contributed by atoms with Crippen LogP contribution in [0.5, 0.6) is 11.5 Å². The van der Waals surface area contributed by atoms with Crippen molar-refractivity contribution in [3.05, 3.63) is 59.7 Å². The zero-order valence-corrected chi connectivity index (χ0v) is 16.0. The van der Waals surface area contributed by atoms with E-state index < -0.39 is 0 Å². The van der Waals surface area contributed by atoms with E-state index in [0.29, 0.717) is 32.1 Å². The Kier molecular flexibility index (Phi) is 5.78. The second-order valence-electron chi connectivity index (χ2n) is 7.10. The minimum Gasteiger partial charge on any atom is -0.486 e. The molecule has 2 aromatic rings. The fraction of sp³-hybridized carbons (Fsp3) is 0.409. The van der Waals surface area contributed by atoms with Crippen molar-refractivity contribution in [1.29, 1.82) is 0 Å². The van der Waals surface area contributed by atoms with Gasteiger partial charge in [0, 0.05) is 7.05 Å². The molecular weight excluding hydrogens is 358 g/mol. The maximum atomic E-state index is 12.4. The van der Waals surface area contributed by atoms with E-state index in [1.165, 1.54) is 11.1 Å². The first-order valence-corrected chi connectivity index (χ1v) is 9.60. The van der Waals surface area contributed by atoms with E-state index in [2.05, 4.69) is 12.1 Å². The highest BCUT2D eigenvalue weighted by atomic mass is 16.6. The maximum absolute atomic E-state index is 12.4. The number of hydrogen-bond acceptors (Lipinski definition) is 5. The molecule has 2 atom stereocenters. The quantitative estimate of drug-likeness (QED) is 0.768. The second-order valence-corrected chi connectivity index (χ2v) is 7.10. The first-order valence-electron chi connectivity index (χ1n) is 9.60. The van der Waals surface area contributed by atoms with Crippen LogP contribution in [0.25, 0.3) is 0 Å². The van der Waals surface area contributed by atoms with Crippen molar-refractivity contribution < 1.29 is 23.7 Å². The Hall–Kier alpha value is -2.57. The van der Waals surface area contributed by atoms with Crippen LogP contribution in [0.2, 0.25) is 0 Å². The Labute approximate surface area is 165 Å². The number of rotatable bonds is 6. The number of benzene rings is 2. The number of hydrogen-bond donors (Lipinski definition) is 0. The molecule has 148 valence electrons. The van der Waals surface area contributed by atoms with Crippen LogP contribution in [-0.2, 0) is 20.7 Å². The number of para-hydroxylation sites is 2. The highest BCUT2D eigenvalue weighted by Crippen LogP contribution is 2.31. The number of fused-ring (bicyclic) bond motifs is 2. The van der Waals surface area contributed by atoms with Crippen LogP contribution in [0, 0.1) is 0 Å². The van der Waals surface area contributed by atoms with Crippen molar-refractivity contribution in [3.8, 4) is 11.5 Å². The average Bonchev–Trinajstić information content (AvgIpc) is 2.74. The third-order valence-corrected chi connectivity index (χ3v) is 5.05. The molecule has 0 saturated heterocycles.